The van der Waals surface area contributed by atoms with Gasteiger partial charge in [0.25, 0.3) is 0 Å². The molecule has 0 bridgehead atoms. The number of carbonyl (C=O) groups excluding carboxylic acids is 1. The molecular weight excluding hydrogens is 344 g/mol. The van der Waals surface area contributed by atoms with Crippen LogP contribution in [0.1, 0.15) is 31.2 Å². The standard InChI is InChI=1S/C21H22N2O4/c1-13(2)21-23-16-8-7-15(12-18(16)27-21)22-20(24)10-6-14-5-9-17(25-3)19(11-14)26-4/h5-13H,1-4H3,(H,22,24)/b10-6+. The summed E-state index contributed by atoms with van der Waals surface area (Å²) in [5.41, 5.74) is 2.91. The lowest BCUT2D eigenvalue weighted by atomic mass is 10.2. The van der Waals surface area contributed by atoms with Crippen molar-refractivity contribution in [2.75, 3.05) is 19.5 Å². The number of nitrogens with one attached hydrogen (secondary N) is 1. The minimum atomic E-state index is -0.243. The van der Waals surface area contributed by atoms with Gasteiger partial charge in [-0.25, -0.2) is 4.98 Å². The predicted octanol–water partition coefficient (Wildman–Crippen LogP) is 4.62. The van der Waals surface area contributed by atoms with E-state index in [1.165, 1.54) is 6.08 Å². The van der Waals surface area contributed by atoms with Gasteiger partial charge in [-0.2, -0.15) is 0 Å². The molecule has 0 aliphatic carbocycles. The summed E-state index contributed by atoms with van der Waals surface area (Å²) in [6.07, 6.45) is 3.17. The van der Waals surface area contributed by atoms with Crippen molar-refractivity contribution < 1.29 is 18.7 Å². The number of methoxy groups -OCH3 is 2. The molecule has 1 amide bonds. The number of anilines is 1. The number of amides is 1. The first-order valence-corrected chi connectivity index (χ1v) is 8.61. The van der Waals surface area contributed by atoms with E-state index in [-0.39, 0.29) is 11.8 Å². The maximum atomic E-state index is 12.2. The maximum absolute atomic E-state index is 12.2. The molecule has 0 aliphatic rings. The molecular formula is C21H22N2O4. The highest BCUT2D eigenvalue weighted by atomic mass is 16.5. The quantitative estimate of drug-likeness (QED) is 0.644. The number of fused-ring (bicyclic) bond motifs is 1. The lowest BCUT2D eigenvalue weighted by molar-refractivity contribution is -0.111. The molecule has 140 valence electrons. The van der Waals surface area contributed by atoms with Gasteiger partial charge in [0.2, 0.25) is 5.91 Å². The van der Waals surface area contributed by atoms with Gasteiger partial charge in [-0.1, -0.05) is 19.9 Å². The van der Waals surface area contributed by atoms with Crippen molar-refractivity contribution >= 4 is 28.8 Å². The van der Waals surface area contributed by atoms with E-state index in [1.54, 1.807) is 44.6 Å². The van der Waals surface area contributed by atoms with E-state index < -0.39 is 0 Å². The van der Waals surface area contributed by atoms with Crippen molar-refractivity contribution in [2.45, 2.75) is 19.8 Å². The highest BCUT2D eigenvalue weighted by Gasteiger charge is 2.10. The van der Waals surface area contributed by atoms with Crippen molar-refractivity contribution in [1.29, 1.82) is 0 Å². The Morgan fingerprint density at radius 2 is 1.89 bits per heavy atom. The summed E-state index contributed by atoms with van der Waals surface area (Å²) in [5.74, 6) is 1.89. The van der Waals surface area contributed by atoms with Crippen LogP contribution in [0, 0.1) is 0 Å². The SMILES string of the molecule is COc1ccc(/C=C/C(=O)Nc2ccc3nc(C(C)C)oc3c2)cc1OC. The molecule has 0 unspecified atom stereocenters. The van der Waals surface area contributed by atoms with E-state index in [1.807, 2.05) is 26.0 Å². The number of ether oxygens (including phenoxy) is 2. The minimum absolute atomic E-state index is 0.208. The van der Waals surface area contributed by atoms with Gasteiger partial charge < -0.3 is 19.2 Å². The molecule has 1 heterocycles. The lowest BCUT2D eigenvalue weighted by Crippen LogP contribution is -2.07. The van der Waals surface area contributed by atoms with Gasteiger partial charge >= 0.3 is 0 Å². The zero-order chi connectivity index (χ0) is 19.4. The molecule has 0 atom stereocenters. The van der Waals surface area contributed by atoms with Crippen LogP contribution in [0.2, 0.25) is 0 Å². The van der Waals surface area contributed by atoms with Crippen molar-refractivity contribution in [1.82, 2.24) is 4.98 Å². The van der Waals surface area contributed by atoms with Crippen LogP contribution < -0.4 is 14.8 Å². The van der Waals surface area contributed by atoms with Crippen LogP contribution in [0.25, 0.3) is 17.2 Å². The van der Waals surface area contributed by atoms with E-state index >= 15 is 0 Å². The lowest BCUT2D eigenvalue weighted by Gasteiger charge is -2.07. The highest BCUT2D eigenvalue weighted by Crippen LogP contribution is 2.28. The summed E-state index contributed by atoms with van der Waals surface area (Å²) in [6.45, 7) is 4.04. The van der Waals surface area contributed by atoms with Crippen LogP contribution in [-0.2, 0) is 4.79 Å². The van der Waals surface area contributed by atoms with Crippen molar-refractivity contribution in [3.05, 3.63) is 53.9 Å². The fourth-order valence-corrected chi connectivity index (χ4v) is 2.58. The zero-order valence-electron chi connectivity index (χ0n) is 15.8. The third-order valence-corrected chi connectivity index (χ3v) is 4.00. The van der Waals surface area contributed by atoms with E-state index in [0.29, 0.717) is 28.7 Å². The zero-order valence-corrected chi connectivity index (χ0v) is 15.8. The monoisotopic (exact) mass is 366 g/mol. The largest absolute Gasteiger partial charge is 0.493 e. The van der Waals surface area contributed by atoms with Gasteiger partial charge in [0.05, 0.1) is 14.2 Å². The highest BCUT2D eigenvalue weighted by molar-refractivity contribution is 6.02. The molecule has 1 aromatic heterocycles. The van der Waals surface area contributed by atoms with E-state index in [0.717, 1.165) is 11.1 Å². The summed E-state index contributed by atoms with van der Waals surface area (Å²) in [4.78, 5) is 16.6. The van der Waals surface area contributed by atoms with Crippen molar-refractivity contribution in [2.24, 2.45) is 0 Å². The third-order valence-electron chi connectivity index (χ3n) is 4.00. The summed E-state index contributed by atoms with van der Waals surface area (Å²) in [7, 11) is 3.15. The van der Waals surface area contributed by atoms with Gasteiger partial charge in [-0.15, -0.1) is 0 Å². The summed E-state index contributed by atoms with van der Waals surface area (Å²) in [6, 6.07) is 10.8. The minimum Gasteiger partial charge on any atom is -0.493 e. The Bertz CT molecular complexity index is 989. The maximum Gasteiger partial charge on any atom is 0.248 e. The fourth-order valence-electron chi connectivity index (χ4n) is 2.58. The molecule has 0 radical (unpaired) electrons. The normalized spacial score (nSPS) is 11.3. The van der Waals surface area contributed by atoms with Crippen LogP contribution in [0.5, 0.6) is 11.5 Å². The molecule has 3 rings (SSSR count). The van der Waals surface area contributed by atoms with Crippen LogP contribution in [0.15, 0.2) is 46.9 Å². The first kappa shape index (κ1) is 18.5. The summed E-state index contributed by atoms with van der Waals surface area (Å²) >= 11 is 0. The molecule has 6 nitrogen and oxygen atoms in total. The number of oxazole rings is 1. The number of rotatable bonds is 6. The Labute approximate surface area is 157 Å². The first-order valence-electron chi connectivity index (χ1n) is 8.61. The second-order valence-corrected chi connectivity index (χ2v) is 6.33. The Kier molecular flexibility index (Phi) is 5.45. The van der Waals surface area contributed by atoms with Crippen LogP contribution in [0.4, 0.5) is 5.69 Å². The van der Waals surface area contributed by atoms with Gasteiger partial charge in [0, 0.05) is 23.7 Å². The fraction of sp³-hybridized carbons (Fsp3) is 0.238. The third kappa shape index (κ3) is 4.28. The average Bonchev–Trinajstić information content (AvgIpc) is 3.10. The number of nitrogens with zero attached hydrogens (tertiary/aromatic N) is 1. The van der Waals surface area contributed by atoms with Gasteiger partial charge in [0.1, 0.15) is 5.52 Å². The molecule has 0 fully saturated rings. The molecule has 2 aromatic carbocycles. The molecule has 3 aromatic rings. The second kappa shape index (κ2) is 7.95. The van der Waals surface area contributed by atoms with E-state index in [2.05, 4.69) is 10.3 Å². The Morgan fingerprint density at radius 3 is 2.59 bits per heavy atom. The molecule has 6 heteroatoms. The van der Waals surface area contributed by atoms with E-state index in [9.17, 15) is 4.79 Å². The summed E-state index contributed by atoms with van der Waals surface area (Å²) in [5, 5.41) is 2.82. The Balaban J connectivity index is 1.71. The molecule has 0 saturated carbocycles. The van der Waals surface area contributed by atoms with Crippen molar-refractivity contribution in [3.63, 3.8) is 0 Å². The number of benzene rings is 2. The Morgan fingerprint density at radius 1 is 1.11 bits per heavy atom. The number of aromatic nitrogens is 1. The molecule has 0 spiro atoms. The number of hydrogen-bond donors (Lipinski definition) is 1. The van der Waals surface area contributed by atoms with Gasteiger partial charge in [-0.05, 0) is 35.9 Å². The van der Waals surface area contributed by atoms with E-state index in [4.69, 9.17) is 13.9 Å². The van der Waals surface area contributed by atoms with Gasteiger partial charge in [0.15, 0.2) is 23.0 Å². The molecule has 27 heavy (non-hydrogen) atoms. The molecule has 1 N–H and O–H groups in total. The predicted molar refractivity (Wildman–Crippen MR) is 105 cm³/mol. The average molecular weight is 366 g/mol. The topological polar surface area (TPSA) is 73.6 Å². The number of hydrogen-bond acceptors (Lipinski definition) is 5. The van der Waals surface area contributed by atoms with Crippen LogP contribution >= 0.6 is 0 Å². The van der Waals surface area contributed by atoms with Gasteiger partial charge in [-0.3, -0.25) is 4.79 Å². The Hall–Kier alpha value is -3.28. The number of carbonyl (C=O) groups is 1. The van der Waals surface area contributed by atoms with Crippen LogP contribution in [-0.4, -0.2) is 25.1 Å². The smallest absolute Gasteiger partial charge is 0.248 e. The summed E-state index contributed by atoms with van der Waals surface area (Å²) < 4.78 is 16.2. The molecule has 0 saturated heterocycles. The van der Waals surface area contributed by atoms with Crippen molar-refractivity contribution in [3.8, 4) is 11.5 Å². The second-order valence-electron chi connectivity index (χ2n) is 6.33. The van der Waals surface area contributed by atoms with Crippen LogP contribution in [0.3, 0.4) is 0 Å². The first-order chi connectivity index (χ1) is 13.0. The molecule has 0 aliphatic heterocycles.